The van der Waals surface area contributed by atoms with Gasteiger partial charge in [-0.15, -0.1) is 0 Å². The SMILES string of the molecule is CC(C)NCCOCCC1CCCN1C. The Morgan fingerprint density at radius 3 is 2.80 bits per heavy atom. The molecule has 90 valence electrons. The minimum Gasteiger partial charge on any atom is -0.380 e. The maximum atomic E-state index is 5.61. The zero-order valence-corrected chi connectivity index (χ0v) is 10.5. The molecule has 1 aliphatic rings. The van der Waals surface area contributed by atoms with Crippen molar-refractivity contribution in [2.24, 2.45) is 0 Å². The van der Waals surface area contributed by atoms with Gasteiger partial charge in [0, 0.05) is 25.2 Å². The van der Waals surface area contributed by atoms with Crippen molar-refractivity contribution in [1.82, 2.24) is 10.2 Å². The van der Waals surface area contributed by atoms with E-state index in [2.05, 4.69) is 31.1 Å². The van der Waals surface area contributed by atoms with E-state index < -0.39 is 0 Å². The largest absolute Gasteiger partial charge is 0.380 e. The Morgan fingerprint density at radius 2 is 2.20 bits per heavy atom. The van der Waals surface area contributed by atoms with Gasteiger partial charge in [0.05, 0.1) is 6.61 Å². The third kappa shape index (κ3) is 5.50. The summed E-state index contributed by atoms with van der Waals surface area (Å²) in [5.74, 6) is 0. The van der Waals surface area contributed by atoms with Crippen molar-refractivity contribution in [3.8, 4) is 0 Å². The average molecular weight is 214 g/mol. The summed E-state index contributed by atoms with van der Waals surface area (Å²) >= 11 is 0. The van der Waals surface area contributed by atoms with Crippen molar-refractivity contribution >= 4 is 0 Å². The number of nitrogens with one attached hydrogen (secondary N) is 1. The summed E-state index contributed by atoms with van der Waals surface area (Å²) in [6.45, 7) is 8.31. The summed E-state index contributed by atoms with van der Waals surface area (Å²) in [5, 5.41) is 3.35. The topological polar surface area (TPSA) is 24.5 Å². The van der Waals surface area contributed by atoms with Gasteiger partial charge < -0.3 is 15.0 Å². The molecule has 0 aromatic carbocycles. The van der Waals surface area contributed by atoms with Crippen LogP contribution >= 0.6 is 0 Å². The molecule has 0 radical (unpaired) electrons. The molecule has 1 rings (SSSR count). The normalized spacial score (nSPS) is 22.8. The Labute approximate surface area is 94.2 Å². The van der Waals surface area contributed by atoms with Crippen LogP contribution in [-0.2, 0) is 4.74 Å². The second-order valence-electron chi connectivity index (χ2n) is 4.79. The average Bonchev–Trinajstić information content (AvgIpc) is 2.57. The zero-order chi connectivity index (χ0) is 11.1. The number of likely N-dealkylation sites (tertiary alicyclic amines) is 1. The van der Waals surface area contributed by atoms with Crippen molar-refractivity contribution in [1.29, 1.82) is 0 Å². The molecular formula is C12H26N2O. The molecule has 1 fully saturated rings. The van der Waals surface area contributed by atoms with Crippen LogP contribution in [0.1, 0.15) is 33.1 Å². The highest BCUT2D eigenvalue weighted by atomic mass is 16.5. The Hall–Kier alpha value is -0.120. The smallest absolute Gasteiger partial charge is 0.0591 e. The van der Waals surface area contributed by atoms with Gasteiger partial charge in [-0.1, -0.05) is 13.8 Å². The maximum Gasteiger partial charge on any atom is 0.0591 e. The van der Waals surface area contributed by atoms with Crippen LogP contribution in [0.4, 0.5) is 0 Å². The van der Waals surface area contributed by atoms with Gasteiger partial charge in [0.1, 0.15) is 0 Å². The van der Waals surface area contributed by atoms with Crippen molar-refractivity contribution in [3.63, 3.8) is 0 Å². The molecule has 1 unspecified atom stereocenters. The third-order valence-electron chi connectivity index (χ3n) is 3.07. The Bertz CT molecular complexity index is 162. The maximum absolute atomic E-state index is 5.61. The molecule has 0 saturated carbocycles. The molecule has 3 nitrogen and oxygen atoms in total. The molecule has 1 saturated heterocycles. The van der Waals surface area contributed by atoms with Crippen molar-refractivity contribution < 1.29 is 4.74 Å². The van der Waals surface area contributed by atoms with Crippen LogP contribution in [0.2, 0.25) is 0 Å². The predicted octanol–water partition coefficient (Wildman–Crippen LogP) is 1.49. The van der Waals surface area contributed by atoms with Gasteiger partial charge in [-0.3, -0.25) is 0 Å². The summed E-state index contributed by atoms with van der Waals surface area (Å²) in [7, 11) is 2.22. The number of rotatable bonds is 7. The first-order valence-corrected chi connectivity index (χ1v) is 6.21. The minimum absolute atomic E-state index is 0.564. The summed E-state index contributed by atoms with van der Waals surface area (Å²) in [4.78, 5) is 2.45. The monoisotopic (exact) mass is 214 g/mol. The van der Waals surface area contributed by atoms with E-state index >= 15 is 0 Å². The van der Waals surface area contributed by atoms with Gasteiger partial charge in [0.2, 0.25) is 0 Å². The Morgan fingerprint density at radius 1 is 1.40 bits per heavy atom. The van der Waals surface area contributed by atoms with Crippen LogP contribution in [0.15, 0.2) is 0 Å². The summed E-state index contributed by atoms with van der Waals surface area (Å²) in [6, 6.07) is 1.33. The molecule has 0 bridgehead atoms. The fraction of sp³-hybridized carbons (Fsp3) is 1.00. The minimum atomic E-state index is 0.564. The Balaban J connectivity index is 1.88. The summed E-state index contributed by atoms with van der Waals surface area (Å²) in [6.07, 6.45) is 3.90. The van der Waals surface area contributed by atoms with Gasteiger partial charge in [0.25, 0.3) is 0 Å². The molecule has 3 heteroatoms. The summed E-state index contributed by atoms with van der Waals surface area (Å²) in [5.41, 5.74) is 0. The third-order valence-corrected chi connectivity index (χ3v) is 3.07. The van der Waals surface area contributed by atoms with E-state index in [1.807, 2.05) is 0 Å². The van der Waals surface area contributed by atoms with E-state index in [9.17, 15) is 0 Å². The molecule has 1 N–H and O–H groups in total. The molecule has 0 aliphatic carbocycles. The van der Waals surface area contributed by atoms with E-state index in [0.29, 0.717) is 6.04 Å². The van der Waals surface area contributed by atoms with E-state index in [-0.39, 0.29) is 0 Å². The number of hydrogen-bond donors (Lipinski definition) is 1. The lowest BCUT2D eigenvalue weighted by atomic mass is 10.1. The van der Waals surface area contributed by atoms with E-state index in [0.717, 1.165) is 25.8 Å². The lowest BCUT2D eigenvalue weighted by Gasteiger charge is -2.19. The fourth-order valence-electron chi connectivity index (χ4n) is 2.09. The highest BCUT2D eigenvalue weighted by molar-refractivity contribution is 4.75. The molecule has 1 atom stereocenters. The van der Waals surface area contributed by atoms with Crippen molar-refractivity contribution in [3.05, 3.63) is 0 Å². The molecule has 1 heterocycles. The number of ether oxygens (including phenoxy) is 1. The first-order valence-electron chi connectivity index (χ1n) is 6.21. The highest BCUT2D eigenvalue weighted by Crippen LogP contribution is 2.17. The zero-order valence-electron chi connectivity index (χ0n) is 10.5. The fourth-order valence-corrected chi connectivity index (χ4v) is 2.09. The summed E-state index contributed by atoms with van der Waals surface area (Å²) < 4.78 is 5.61. The van der Waals surface area contributed by atoms with E-state index in [1.54, 1.807) is 0 Å². The van der Waals surface area contributed by atoms with Gasteiger partial charge in [0.15, 0.2) is 0 Å². The molecule has 0 aromatic rings. The van der Waals surface area contributed by atoms with Crippen LogP contribution in [0.25, 0.3) is 0 Å². The number of nitrogens with zero attached hydrogens (tertiary/aromatic N) is 1. The predicted molar refractivity (Wildman–Crippen MR) is 64.2 cm³/mol. The van der Waals surface area contributed by atoms with Crippen molar-refractivity contribution in [2.75, 3.05) is 33.4 Å². The van der Waals surface area contributed by atoms with Crippen LogP contribution in [0.5, 0.6) is 0 Å². The molecule has 0 aromatic heterocycles. The quantitative estimate of drug-likeness (QED) is 0.650. The molecular weight excluding hydrogens is 188 g/mol. The highest BCUT2D eigenvalue weighted by Gasteiger charge is 2.19. The van der Waals surface area contributed by atoms with Crippen LogP contribution in [0, 0.1) is 0 Å². The standard InChI is InChI=1S/C12H26N2O/c1-11(2)13-7-10-15-9-6-12-5-4-8-14(12)3/h11-13H,4-10H2,1-3H3. The molecule has 1 aliphatic heterocycles. The lowest BCUT2D eigenvalue weighted by Crippen LogP contribution is -2.28. The van der Waals surface area contributed by atoms with Gasteiger partial charge in [-0.25, -0.2) is 0 Å². The second-order valence-corrected chi connectivity index (χ2v) is 4.79. The first-order chi connectivity index (χ1) is 7.20. The second kappa shape index (κ2) is 7.20. The Kier molecular flexibility index (Phi) is 6.22. The molecule has 0 spiro atoms. The molecule has 0 amide bonds. The van der Waals surface area contributed by atoms with Crippen LogP contribution < -0.4 is 5.32 Å². The molecule has 15 heavy (non-hydrogen) atoms. The van der Waals surface area contributed by atoms with Crippen LogP contribution in [0.3, 0.4) is 0 Å². The van der Waals surface area contributed by atoms with Crippen molar-refractivity contribution in [2.45, 2.75) is 45.2 Å². The first kappa shape index (κ1) is 12.9. The van der Waals surface area contributed by atoms with E-state index in [4.69, 9.17) is 4.74 Å². The van der Waals surface area contributed by atoms with Crippen LogP contribution in [-0.4, -0.2) is 50.3 Å². The van der Waals surface area contributed by atoms with E-state index in [1.165, 1.54) is 25.8 Å². The van der Waals surface area contributed by atoms with Gasteiger partial charge >= 0.3 is 0 Å². The van der Waals surface area contributed by atoms with Gasteiger partial charge in [-0.05, 0) is 32.9 Å². The number of hydrogen-bond acceptors (Lipinski definition) is 3. The van der Waals surface area contributed by atoms with Gasteiger partial charge in [-0.2, -0.15) is 0 Å². The lowest BCUT2D eigenvalue weighted by molar-refractivity contribution is 0.114.